The van der Waals surface area contributed by atoms with E-state index < -0.39 is 5.97 Å². The number of carbonyl (C=O) groups is 1. The van der Waals surface area contributed by atoms with Crippen molar-refractivity contribution in [3.05, 3.63) is 71.9 Å². The number of aromatic nitrogens is 1. The molecule has 3 aromatic rings. The van der Waals surface area contributed by atoms with E-state index in [0.29, 0.717) is 12.5 Å². The van der Waals surface area contributed by atoms with Gasteiger partial charge < -0.3 is 14.7 Å². The summed E-state index contributed by atoms with van der Waals surface area (Å²) in [5, 5.41) is 14.2. The Morgan fingerprint density at radius 2 is 1.76 bits per heavy atom. The summed E-state index contributed by atoms with van der Waals surface area (Å²) >= 11 is 0. The molecule has 0 saturated heterocycles. The van der Waals surface area contributed by atoms with Crippen molar-refractivity contribution in [1.29, 1.82) is 0 Å². The summed E-state index contributed by atoms with van der Waals surface area (Å²) in [6, 6.07) is 19.9. The van der Waals surface area contributed by atoms with Crippen LogP contribution in [0.4, 0.5) is 0 Å². The summed E-state index contributed by atoms with van der Waals surface area (Å²) in [4.78, 5) is 21.6. The number of benzene rings is 2. The number of carboxylic acids is 1. The van der Waals surface area contributed by atoms with Crippen LogP contribution in [0.1, 0.15) is 62.8 Å². The minimum absolute atomic E-state index is 0.0449. The average Bonchev–Trinajstić information content (AvgIpc) is 3.13. The van der Waals surface area contributed by atoms with Gasteiger partial charge >= 0.3 is 5.97 Å². The molecule has 1 heterocycles. The van der Waals surface area contributed by atoms with E-state index in [2.05, 4.69) is 16.2 Å². The third-order valence-corrected chi connectivity index (χ3v) is 6.19. The molecule has 1 saturated carbocycles. The molecular weight excluding hydrogens is 416 g/mol. The zero-order valence-corrected chi connectivity index (χ0v) is 18.9. The molecule has 1 unspecified atom stereocenters. The van der Waals surface area contributed by atoms with Crippen molar-refractivity contribution in [2.45, 2.75) is 58.2 Å². The van der Waals surface area contributed by atoms with Crippen molar-refractivity contribution < 1.29 is 19.5 Å². The Morgan fingerprint density at radius 3 is 2.48 bits per heavy atom. The molecule has 4 rings (SSSR count). The molecule has 6 nitrogen and oxygen atoms in total. The van der Waals surface area contributed by atoms with Crippen molar-refractivity contribution in [3.8, 4) is 5.75 Å². The average molecular weight is 447 g/mol. The van der Waals surface area contributed by atoms with Crippen LogP contribution in [0.15, 0.2) is 65.8 Å². The van der Waals surface area contributed by atoms with Crippen molar-refractivity contribution in [1.82, 2.24) is 4.98 Å². The molecule has 0 aliphatic heterocycles. The topological polar surface area (TPSA) is 81.0 Å². The van der Waals surface area contributed by atoms with E-state index in [4.69, 9.17) is 14.7 Å². The second kappa shape index (κ2) is 10.9. The van der Waals surface area contributed by atoms with Gasteiger partial charge in [0.05, 0.1) is 11.2 Å². The van der Waals surface area contributed by atoms with E-state index in [1.54, 1.807) is 0 Å². The molecule has 1 aliphatic carbocycles. The predicted molar refractivity (Wildman–Crippen MR) is 128 cm³/mol. The van der Waals surface area contributed by atoms with Crippen LogP contribution in [0.3, 0.4) is 0 Å². The van der Waals surface area contributed by atoms with E-state index >= 15 is 0 Å². The zero-order valence-electron chi connectivity index (χ0n) is 18.9. The minimum Gasteiger partial charge on any atom is -0.487 e. The summed E-state index contributed by atoms with van der Waals surface area (Å²) < 4.78 is 5.96. The number of carboxylic acid groups (broad SMARTS) is 1. The Bertz CT molecular complexity index is 1100. The van der Waals surface area contributed by atoms with E-state index in [1.807, 2.05) is 54.6 Å². The van der Waals surface area contributed by atoms with Crippen LogP contribution in [0, 0.1) is 5.92 Å². The molecule has 0 amide bonds. The lowest BCUT2D eigenvalue weighted by Gasteiger charge is -2.25. The lowest BCUT2D eigenvalue weighted by Crippen LogP contribution is -2.16. The highest BCUT2D eigenvalue weighted by Gasteiger charge is 2.26. The Hall–Kier alpha value is -3.41. The highest BCUT2D eigenvalue weighted by Crippen LogP contribution is 2.37. The number of nitrogens with zero attached hydrogens (tertiary/aromatic N) is 2. The van der Waals surface area contributed by atoms with Gasteiger partial charge in [-0.1, -0.05) is 67.2 Å². The Balaban J connectivity index is 1.46. The Kier molecular flexibility index (Phi) is 7.55. The normalized spacial score (nSPS) is 16.2. The van der Waals surface area contributed by atoms with Gasteiger partial charge in [-0.15, -0.1) is 0 Å². The Labute approximate surface area is 194 Å². The number of fused-ring (bicyclic) bond motifs is 1. The molecule has 0 bridgehead atoms. The second-order valence-corrected chi connectivity index (χ2v) is 8.61. The fourth-order valence-corrected chi connectivity index (χ4v) is 4.31. The summed E-state index contributed by atoms with van der Waals surface area (Å²) in [6.45, 7) is 1.83. The minimum atomic E-state index is -1.07. The fourth-order valence-electron chi connectivity index (χ4n) is 4.31. The van der Waals surface area contributed by atoms with E-state index in [0.717, 1.165) is 53.6 Å². The third kappa shape index (κ3) is 6.09. The van der Waals surface area contributed by atoms with Gasteiger partial charge in [-0.05, 0) is 49.6 Å². The lowest BCUT2D eigenvalue weighted by atomic mass is 9.89. The van der Waals surface area contributed by atoms with Crippen LogP contribution in [-0.4, -0.2) is 21.8 Å². The second-order valence-electron chi connectivity index (χ2n) is 8.61. The van der Waals surface area contributed by atoms with Crippen molar-refractivity contribution in [3.63, 3.8) is 0 Å². The largest absolute Gasteiger partial charge is 0.487 e. The van der Waals surface area contributed by atoms with Gasteiger partial charge in [0.15, 0.2) is 11.8 Å². The number of ether oxygens (including phenoxy) is 1. The van der Waals surface area contributed by atoms with Crippen molar-refractivity contribution >= 4 is 22.6 Å². The first-order valence-corrected chi connectivity index (χ1v) is 11.6. The third-order valence-electron chi connectivity index (χ3n) is 6.19. The molecule has 0 spiro atoms. The fraction of sp³-hybridized carbons (Fsp3) is 0.370. The zero-order chi connectivity index (χ0) is 23.0. The predicted octanol–water partition coefficient (Wildman–Crippen LogP) is 6.30. The summed E-state index contributed by atoms with van der Waals surface area (Å²) in [6.07, 6.45) is 6.62. The van der Waals surface area contributed by atoms with Gasteiger partial charge in [0.2, 0.25) is 0 Å². The standard InChI is InChI=1S/C27H30N2O4/c1-19(27(30)31)29-33-26(21-9-4-2-3-5-10-21)22-13-16-24(17-14-22)32-18-23-15-12-20-8-6-7-11-25(20)28-23/h6-8,11-17,21,26H,2-5,9-10,18H2,1H3,(H,30,31)/b29-19+. The number of aliphatic carboxylic acids is 1. The highest BCUT2D eigenvalue weighted by molar-refractivity contribution is 6.34. The van der Waals surface area contributed by atoms with E-state index in [1.165, 1.54) is 19.8 Å². The molecule has 1 atom stereocenters. The summed E-state index contributed by atoms with van der Waals surface area (Å²) in [5.41, 5.74) is 2.77. The quantitative estimate of drug-likeness (QED) is 0.249. The first kappa shape index (κ1) is 22.8. The number of hydrogen-bond donors (Lipinski definition) is 1. The lowest BCUT2D eigenvalue weighted by molar-refractivity contribution is -0.129. The number of rotatable bonds is 8. The highest BCUT2D eigenvalue weighted by atomic mass is 16.6. The molecule has 172 valence electrons. The van der Waals surface area contributed by atoms with E-state index in [9.17, 15) is 4.79 Å². The maximum Gasteiger partial charge on any atom is 0.353 e. The smallest absolute Gasteiger partial charge is 0.353 e. The molecule has 6 heteroatoms. The first-order chi connectivity index (χ1) is 16.1. The van der Waals surface area contributed by atoms with Crippen LogP contribution in [0.2, 0.25) is 0 Å². The summed E-state index contributed by atoms with van der Waals surface area (Å²) in [7, 11) is 0. The molecule has 1 fully saturated rings. The maximum absolute atomic E-state index is 11.2. The van der Waals surface area contributed by atoms with Gasteiger partial charge in [0, 0.05) is 11.3 Å². The van der Waals surface area contributed by atoms with E-state index in [-0.39, 0.29) is 11.8 Å². The molecule has 33 heavy (non-hydrogen) atoms. The van der Waals surface area contributed by atoms with Gasteiger partial charge in [-0.2, -0.15) is 0 Å². The van der Waals surface area contributed by atoms with Crippen molar-refractivity contribution in [2.24, 2.45) is 11.1 Å². The number of para-hydroxylation sites is 1. The maximum atomic E-state index is 11.2. The molecule has 1 aromatic heterocycles. The monoisotopic (exact) mass is 446 g/mol. The number of pyridine rings is 1. The molecule has 2 aromatic carbocycles. The number of hydrogen-bond acceptors (Lipinski definition) is 5. The van der Waals surface area contributed by atoms with Crippen molar-refractivity contribution in [2.75, 3.05) is 0 Å². The molecule has 1 aliphatic rings. The van der Waals surface area contributed by atoms with Gasteiger partial charge in [0.1, 0.15) is 12.4 Å². The van der Waals surface area contributed by atoms with Crippen LogP contribution in [0.5, 0.6) is 5.75 Å². The van der Waals surface area contributed by atoms with Crippen LogP contribution < -0.4 is 4.74 Å². The summed E-state index contributed by atoms with van der Waals surface area (Å²) in [5.74, 6) is -0.00869. The first-order valence-electron chi connectivity index (χ1n) is 11.6. The SMILES string of the molecule is C/C(=N\OC(c1ccc(OCc2ccc3ccccc3n2)cc1)C1CCCCCC1)C(=O)O. The van der Waals surface area contributed by atoms with Crippen LogP contribution in [-0.2, 0) is 16.2 Å². The molecule has 1 N–H and O–H groups in total. The van der Waals surface area contributed by atoms with Crippen LogP contribution >= 0.6 is 0 Å². The van der Waals surface area contributed by atoms with Gasteiger partial charge in [-0.3, -0.25) is 0 Å². The number of oxime groups is 1. The van der Waals surface area contributed by atoms with Crippen LogP contribution in [0.25, 0.3) is 10.9 Å². The van der Waals surface area contributed by atoms with Gasteiger partial charge in [-0.25, -0.2) is 9.78 Å². The Morgan fingerprint density at radius 1 is 1.03 bits per heavy atom. The molecular formula is C27H30N2O4. The molecule has 0 radical (unpaired) electrons. The van der Waals surface area contributed by atoms with Gasteiger partial charge in [0.25, 0.3) is 0 Å².